The number of aliphatic carboxylic acids is 1. The summed E-state index contributed by atoms with van der Waals surface area (Å²) in [5, 5.41) is 19.8. The summed E-state index contributed by atoms with van der Waals surface area (Å²) in [7, 11) is 0. The number of carboxylic acid groups (broad SMARTS) is 1. The first-order chi connectivity index (χ1) is 12.4. The smallest absolute Gasteiger partial charge is 0.477 e. The maximum absolute atomic E-state index is 11.7. The molecule has 1 saturated heterocycles. The summed E-state index contributed by atoms with van der Waals surface area (Å²) in [6.45, 7) is -0.719. The van der Waals surface area contributed by atoms with Crippen molar-refractivity contribution in [1.82, 2.24) is 4.90 Å². The van der Waals surface area contributed by atoms with Crippen LogP contribution in [0.25, 0.3) is 0 Å². The van der Waals surface area contributed by atoms with Crippen LogP contribution in [0.5, 0.6) is 0 Å². The molecule has 1 fully saturated rings. The molecule has 0 radical (unpaired) electrons. The molecule has 0 saturated carbocycles. The highest BCUT2D eigenvalue weighted by Gasteiger charge is 2.48. The van der Waals surface area contributed by atoms with Gasteiger partial charge in [-0.05, 0) is 6.07 Å². The highest BCUT2D eigenvalue weighted by atomic mass is 32.2. The van der Waals surface area contributed by atoms with Gasteiger partial charge in [0.25, 0.3) is 5.69 Å². The fraction of sp³-hybridized carbons (Fsp3) is 0.267. The van der Waals surface area contributed by atoms with E-state index in [4.69, 9.17) is 9.47 Å². The SMILES string of the molecule is O=C(OCC1=C(C(=O)O)N2C(=O)C[C@H]2S1)OCc1ccccc1[N+](=O)[O-]. The highest BCUT2D eigenvalue weighted by molar-refractivity contribution is 8.04. The Kier molecular flexibility index (Phi) is 4.80. The Morgan fingerprint density at radius 3 is 2.65 bits per heavy atom. The van der Waals surface area contributed by atoms with E-state index in [9.17, 15) is 29.6 Å². The molecule has 0 aliphatic carbocycles. The quantitative estimate of drug-likeness (QED) is 0.339. The Morgan fingerprint density at radius 1 is 1.31 bits per heavy atom. The number of hydrogen-bond donors (Lipinski definition) is 1. The van der Waals surface area contributed by atoms with E-state index in [0.717, 1.165) is 16.7 Å². The number of β-lactam (4-membered cyclic amide) rings is 1. The van der Waals surface area contributed by atoms with Gasteiger partial charge in [-0.15, -0.1) is 0 Å². The average Bonchev–Trinajstić information content (AvgIpc) is 2.90. The molecule has 136 valence electrons. The topological polar surface area (TPSA) is 136 Å². The van der Waals surface area contributed by atoms with Crippen LogP contribution in [0.4, 0.5) is 10.5 Å². The molecule has 2 aliphatic heterocycles. The molecule has 0 bridgehead atoms. The number of thioether (sulfide) groups is 1. The van der Waals surface area contributed by atoms with Gasteiger partial charge in [0.1, 0.15) is 18.9 Å². The molecule has 1 amide bonds. The molecule has 26 heavy (non-hydrogen) atoms. The number of nitrogens with zero attached hydrogens (tertiary/aromatic N) is 2. The van der Waals surface area contributed by atoms with Crippen molar-refractivity contribution >= 4 is 35.5 Å². The Bertz CT molecular complexity index is 837. The number of rotatable bonds is 6. The maximum atomic E-state index is 11.7. The first-order valence-corrected chi connectivity index (χ1v) is 8.23. The molecule has 2 heterocycles. The predicted molar refractivity (Wildman–Crippen MR) is 86.7 cm³/mol. The van der Waals surface area contributed by atoms with Crippen molar-refractivity contribution in [2.75, 3.05) is 6.61 Å². The summed E-state index contributed by atoms with van der Waals surface area (Å²) in [4.78, 5) is 46.2. The van der Waals surface area contributed by atoms with Crippen LogP contribution < -0.4 is 0 Å². The van der Waals surface area contributed by atoms with Crippen LogP contribution in [0.15, 0.2) is 34.9 Å². The van der Waals surface area contributed by atoms with E-state index in [1.54, 1.807) is 6.07 Å². The van der Waals surface area contributed by atoms with Gasteiger partial charge in [-0.1, -0.05) is 23.9 Å². The molecule has 3 rings (SSSR count). The summed E-state index contributed by atoms with van der Waals surface area (Å²) in [5.41, 5.74) is -0.182. The number of carboxylic acids is 1. The van der Waals surface area contributed by atoms with Crippen LogP contribution in [0.2, 0.25) is 0 Å². The zero-order valence-electron chi connectivity index (χ0n) is 13.1. The number of nitro groups is 1. The second kappa shape index (κ2) is 7.04. The zero-order valence-corrected chi connectivity index (χ0v) is 13.9. The number of amides is 1. The lowest BCUT2D eigenvalue weighted by atomic mass is 10.1. The third-order valence-corrected chi connectivity index (χ3v) is 4.99. The van der Waals surface area contributed by atoms with E-state index in [0.29, 0.717) is 0 Å². The first kappa shape index (κ1) is 17.7. The molecule has 1 atom stereocenters. The van der Waals surface area contributed by atoms with Crippen LogP contribution in [0, 0.1) is 10.1 Å². The minimum Gasteiger partial charge on any atom is -0.477 e. The summed E-state index contributed by atoms with van der Waals surface area (Å²) in [6.07, 6.45) is -0.867. The third kappa shape index (κ3) is 3.33. The first-order valence-electron chi connectivity index (χ1n) is 7.35. The summed E-state index contributed by atoms with van der Waals surface area (Å²) in [5.74, 6) is -1.58. The van der Waals surface area contributed by atoms with Gasteiger partial charge in [-0.3, -0.25) is 19.8 Å². The van der Waals surface area contributed by atoms with Crippen LogP contribution in [-0.2, 0) is 25.7 Å². The standard InChI is InChI=1S/C15H12N2O8S/c18-11-5-12-16(11)13(14(19)20)10(26-12)7-25-15(21)24-6-8-3-1-2-4-9(8)17(22)23/h1-4,12H,5-7H2,(H,19,20)/t12-/m1/s1. The minimum atomic E-state index is -1.28. The summed E-state index contributed by atoms with van der Waals surface area (Å²) < 4.78 is 9.72. The molecule has 1 aromatic carbocycles. The second-order valence-electron chi connectivity index (χ2n) is 5.33. The van der Waals surface area contributed by atoms with Crippen molar-refractivity contribution in [1.29, 1.82) is 0 Å². The Labute approximate surface area is 150 Å². The molecule has 1 aromatic rings. The molecule has 1 N–H and O–H groups in total. The van der Waals surface area contributed by atoms with Gasteiger partial charge >= 0.3 is 12.1 Å². The number of hydrogen-bond acceptors (Lipinski definition) is 8. The van der Waals surface area contributed by atoms with Crippen LogP contribution in [0.1, 0.15) is 12.0 Å². The van der Waals surface area contributed by atoms with Gasteiger partial charge in [0.05, 0.1) is 27.2 Å². The Balaban J connectivity index is 1.58. The monoisotopic (exact) mass is 380 g/mol. The number of carbonyl (C=O) groups excluding carboxylic acids is 2. The number of carbonyl (C=O) groups is 3. The molecule has 0 spiro atoms. The fourth-order valence-electron chi connectivity index (χ4n) is 2.54. The number of para-hydroxylation sites is 1. The zero-order chi connectivity index (χ0) is 18.8. The minimum absolute atomic E-state index is 0.189. The molecule has 11 heteroatoms. The van der Waals surface area contributed by atoms with Gasteiger partial charge in [0, 0.05) is 6.07 Å². The molecule has 0 unspecified atom stereocenters. The van der Waals surface area contributed by atoms with Crippen molar-refractivity contribution in [2.45, 2.75) is 18.4 Å². The largest absolute Gasteiger partial charge is 0.508 e. The van der Waals surface area contributed by atoms with Crippen LogP contribution in [-0.4, -0.2) is 44.9 Å². The maximum Gasteiger partial charge on any atom is 0.508 e. The lowest BCUT2D eigenvalue weighted by Gasteiger charge is -2.33. The van der Waals surface area contributed by atoms with Crippen molar-refractivity contribution in [2.24, 2.45) is 0 Å². The third-order valence-electron chi connectivity index (χ3n) is 3.75. The fourth-order valence-corrected chi connectivity index (χ4v) is 3.85. The van der Waals surface area contributed by atoms with E-state index >= 15 is 0 Å². The molecular formula is C15H12N2O8S. The van der Waals surface area contributed by atoms with Crippen molar-refractivity contribution in [3.63, 3.8) is 0 Å². The summed E-state index contributed by atoms with van der Waals surface area (Å²) in [6, 6.07) is 5.78. The average molecular weight is 380 g/mol. The van der Waals surface area contributed by atoms with Gasteiger partial charge in [-0.2, -0.15) is 0 Å². The summed E-state index contributed by atoms with van der Waals surface area (Å²) >= 11 is 1.15. The second-order valence-corrected chi connectivity index (χ2v) is 6.60. The predicted octanol–water partition coefficient (Wildman–Crippen LogP) is 1.85. The number of benzene rings is 1. The molecule has 10 nitrogen and oxygen atoms in total. The van der Waals surface area contributed by atoms with Crippen molar-refractivity contribution < 1.29 is 33.9 Å². The molecule has 0 aromatic heterocycles. The highest BCUT2D eigenvalue weighted by Crippen LogP contribution is 2.46. The number of ether oxygens (including phenoxy) is 2. The molecule has 2 aliphatic rings. The van der Waals surface area contributed by atoms with Crippen LogP contribution >= 0.6 is 11.8 Å². The van der Waals surface area contributed by atoms with Gasteiger partial charge in [0.2, 0.25) is 5.91 Å². The number of fused-ring (bicyclic) bond motifs is 1. The van der Waals surface area contributed by atoms with Crippen molar-refractivity contribution in [3.8, 4) is 0 Å². The Morgan fingerprint density at radius 2 is 2.00 bits per heavy atom. The van der Waals surface area contributed by atoms with Gasteiger partial charge < -0.3 is 14.6 Å². The Hall–Kier alpha value is -3.08. The lowest BCUT2D eigenvalue weighted by molar-refractivity contribution is -0.385. The molecular weight excluding hydrogens is 368 g/mol. The number of nitro benzene ring substituents is 1. The van der Waals surface area contributed by atoms with E-state index < -0.39 is 17.0 Å². The lowest BCUT2D eigenvalue weighted by Crippen LogP contribution is -2.48. The van der Waals surface area contributed by atoms with Gasteiger partial charge in [0.15, 0.2) is 0 Å². The van der Waals surface area contributed by atoms with E-state index in [-0.39, 0.29) is 52.8 Å². The van der Waals surface area contributed by atoms with E-state index in [2.05, 4.69) is 0 Å². The van der Waals surface area contributed by atoms with Gasteiger partial charge in [-0.25, -0.2) is 9.59 Å². The van der Waals surface area contributed by atoms with Crippen LogP contribution in [0.3, 0.4) is 0 Å². The normalized spacial score (nSPS) is 18.2. The van der Waals surface area contributed by atoms with Crippen molar-refractivity contribution in [3.05, 3.63) is 50.5 Å². The van der Waals surface area contributed by atoms with E-state index in [1.807, 2.05) is 0 Å². The van der Waals surface area contributed by atoms with E-state index in [1.165, 1.54) is 18.2 Å².